The van der Waals surface area contributed by atoms with Crippen molar-refractivity contribution in [2.24, 2.45) is 0 Å². The fraction of sp³-hybridized carbons (Fsp3) is 0.158. The molecule has 1 aliphatic heterocycles. The Hall–Kier alpha value is -3.88. The highest BCUT2D eigenvalue weighted by molar-refractivity contribution is 6.11. The van der Waals surface area contributed by atoms with Crippen LogP contribution >= 0.6 is 0 Å². The standard InChI is InChI=1S/C19H18N4O5/c1-20-17(25)10-4-6-15(28-2)14(8-10)23-18(26)11-3-5-12-13(7-11)22-16(24)9-21-19(12)27/h3-8H,9H2,1-2H3,(H,20,25)(H,21,27)(H,22,24)(H,23,26). The Kier molecular flexibility index (Phi) is 5.25. The number of carbonyl (C=O) groups excluding carboxylic acids is 4. The molecular weight excluding hydrogens is 364 g/mol. The fourth-order valence-corrected chi connectivity index (χ4v) is 2.72. The predicted octanol–water partition coefficient (Wildman–Crippen LogP) is 0.989. The molecule has 3 rings (SSSR count). The average Bonchev–Trinajstić information content (AvgIpc) is 2.84. The normalized spacial score (nSPS) is 12.8. The van der Waals surface area contributed by atoms with Crippen LogP contribution in [0.4, 0.5) is 11.4 Å². The number of methoxy groups -OCH3 is 1. The van der Waals surface area contributed by atoms with E-state index in [-0.39, 0.29) is 35.2 Å². The lowest BCUT2D eigenvalue weighted by Crippen LogP contribution is -2.28. The molecule has 0 aliphatic carbocycles. The van der Waals surface area contributed by atoms with Gasteiger partial charge in [0.05, 0.1) is 30.6 Å². The molecular formula is C19H18N4O5. The van der Waals surface area contributed by atoms with Crippen molar-refractivity contribution in [3.05, 3.63) is 53.1 Å². The maximum Gasteiger partial charge on any atom is 0.255 e. The maximum absolute atomic E-state index is 12.7. The van der Waals surface area contributed by atoms with Gasteiger partial charge in [-0.1, -0.05) is 0 Å². The van der Waals surface area contributed by atoms with E-state index >= 15 is 0 Å². The third-order valence-corrected chi connectivity index (χ3v) is 4.15. The highest BCUT2D eigenvalue weighted by Gasteiger charge is 2.21. The first-order valence-electron chi connectivity index (χ1n) is 8.36. The minimum atomic E-state index is -0.492. The second-order valence-electron chi connectivity index (χ2n) is 5.94. The van der Waals surface area contributed by atoms with Crippen molar-refractivity contribution in [3.63, 3.8) is 0 Å². The summed E-state index contributed by atoms with van der Waals surface area (Å²) in [5.74, 6) is -1.21. The molecule has 4 amide bonds. The minimum absolute atomic E-state index is 0.140. The SMILES string of the molecule is CNC(=O)c1ccc(OC)c(NC(=O)c2ccc3c(c2)NC(=O)CNC3=O)c1. The van der Waals surface area contributed by atoms with Gasteiger partial charge in [-0.25, -0.2) is 0 Å². The number of fused-ring (bicyclic) bond motifs is 1. The van der Waals surface area contributed by atoms with Crippen molar-refractivity contribution in [1.82, 2.24) is 10.6 Å². The zero-order valence-corrected chi connectivity index (χ0v) is 15.2. The number of carbonyl (C=O) groups is 4. The lowest BCUT2D eigenvalue weighted by atomic mass is 10.1. The number of rotatable bonds is 4. The van der Waals surface area contributed by atoms with Crippen molar-refractivity contribution in [2.45, 2.75) is 0 Å². The van der Waals surface area contributed by atoms with Gasteiger partial charge in [-0.15, -0.1) is 0 Å². The molecule has 0 unspecified atom stereocenters. The van der Waals surface area contributed by atoms with Gasteiger partial charge in [0, 0.05) is 18.2 Å². The largest absolute Gasteiger partial charge is 0.495 e. The molecule has 0 atom stereocenters. The highest BCUT2D eigenvalue weighted by atomic mass is 16.5. The zero-order valence-electron chi connectivity index (χ0n) is 15.2. The molecule has 2 aromatic rings. The minimum Gasteiger partial charge on any atom is -0.495 e. The number of anilines is 2. The molecule has 9 heteroatoms. The van der Waals surface area contributed by atoms with Crippen LogP contribution in [0.3, 0.4) is 0 Å². The summed E-state index contributed by atoms with van der Waals surface area (Å²) < 4.78 is 5.23. The van der Waals surface area contributed by atoms with Gasteiger partial charge < -0.3 is 26.0 Å². The van der Waals surface area contributed by atoms with Crippen LogP contribution in [0.15, 0.2) is 36.4 Å². The van der Waals surface area contributed by atoms with Gasteiger partial charge in [-0.3, -0.25) is 19.2 Å². The molecule has 1 heterocycles. The van der Waals surface area contributed by atoms with Gasteiger partial charge in [0.15, 0.2) is 0 Å². The van der Waals surface area contributed by atoms with Crippen LogP contribution in [0.5, 0.6) is 5.75 Å². The Labute approximate surface area is 160 Å². The number of hydrogen-bond donors (Lipinski definition) is 4. The number of hydrogen-bond acceptors (Lipinski definition) is 5. The summed E-state index contributed by atoms with van der Waals surface area (Å²) in [5.41, 5.74) is 1.40. The van der Waals surface area contributed by atoms with E-state index < -0.39 is 11.8 Å². The summed E-state index contributed by atoms with van der Waals surface area (Å²) in [6.07, 6.45) is 0. The molecule has 0 bridgehead atoms. The molecule has 0 spiro atoms. The average molecular weight is 382 g/mol. The monoisotopic (exact) mass is 382 g/mol. The number of nitrogens with one attached hydrogen (secondary N) is 4. The summed E-state index contributed by atoms with van der Waals surface area (Å²) in [5, 5.41) is 10.3. The van der Waals surface area contributed by atoms with Gasteiger partial charge in [-0.05, 0) is 36.4 Å². The Bertz CT molecular complexity index is 986. The topological polar surface area (TPSA) is 126 Å². The summed E-state index contributed by atoms with van der Waals surface area (Å²) in [4.78, 5) is 48.2. The van der Waals surface area contributed by atoms with Crippen molar-refractivity contribution < 1.29 is 23.9 Å². The molecule has 4 N–H and O–H groups in total. The van der Waals surface area contributed by atoms with E-state index in [0.29, 0.717) is 17.0 Å². The van der Waals surface area contributed by atoms with E-state index in [1.807, 2.05) is 0 Å². The van der Waals surface area contributed by atoms with Gasteiger partial charge in [-0.2, -0.15) is 0 Å². The predicted molar refractivity (Wildman–Crippen MR) is 102 cm³/mol. The van der Waals surface area contributed by atoms with E-state index in [1.165, 1.54) is 38.4 Å². The Morgan fingerprint density at radius 2 is 1.75 bits per heavy atom. The molecule has 0 aromatic heterocycles. The zero-order chi connectivity index (χ0) is 20.3. The van der Waals surface area contributed by atoms with E-state index in [4.69, 9.17) is 4.74 Å². The molecule has 28 heavy (non-hydrogen) atoms. The first-order chi connectivity index (χ1) is 13.4. The Balaban J connectivity index is 1.90. The summed E-state index contributed by atoms with van der Waals surface area (Å²) >= 11 is 0. The second-order valence-corrected chi connectivity index (χ2v) is 5.94. The van der Waals surface area contributed by atoms with Crippen molar-refractivity contribution in [2.75, 3.05) is 31.3 Å². The molecule has 144 valence electrons. The van der Waals surface area contributed by atoms with E-state index in [1.54, 1.807) is 12.1 Å². The van der Waals surface area contributed by atoms with Crippen LogP contribution in [-0.2, 0) is 4.79 Å². The summed E-state index contributed by atoms with van der Waals surface area (Å²) in [7, 11) is 2.95. The number of ether oxygens (including phenoxy) is 1. The van der Waals surface area contributed by atoms with Crippen LogP contribution in [0.1, 0.15) is 31.1 Å². The van der Waals surface area contributed by atoms with E-state index in [9.17, 15) is 19.2 Å². The third kappa shape index (κ3) is 3.78. The quantitative estimate of drug-likeness (QED) is 0.627. The van der Waals surface area contributed by atoms with Crippen molar-refractivity contribution >= 4 is 35.0 Å². The molecule has 0 fully saturated rings. The Morgan fingerprint density at radius 1 is 1.04 bits per heavy atom. The van der Waals surface area contributed by atoms with Crippen molar-refractivity contribution in [1.29, 1.82) is 0 Å². The van der Waals surface area contributed by atoms with Crippen LogP contribution in [0.2, 0.25) is 0 Å². The number of benzene rings is 2. The van der Waals surface area contributed by atoms with Crippen LogP contribution < -0.4 is 26.0 Å². The smallest absolute Gasteiger partial charge is 0.255 e. The van der Waals surface area contributed by atoms with Crippen LogP contribution in [-0.4, -0.2) is 44.3 Å². The maximum atomic E-state index is 12.7. The molecule has 2 aromatic carbocycles. The summed E-state index contributed by atoms with van der Waals surface area (Å²) in [6.45, 7) is -0.140. The molecule has 1 aliphatic rings. The van der Waals surface area contributed by atoms with Crippen molar-refractivity contribution in [3.8, 4) is 5.75 Å². The summed E-state index contributed by atoms with van der Waals surface area (Å²) in [6, 6.07) is 8.99. The fourth-order valence-electron chi connectivity index (χ4n) is 2.72. The van der Waals surface area contributed by atoms with E-state index in [2.05, 4.69) is 21.3 Å². The molecule has 0 saturated carbocycles. The van der Waals surface area contributed by atoms with Gasteiger partial charge in [0.25, 0.3) is 17.7 Å². The van der Waals surface area contributed by atoms with Gasteiger partial charge in [0.1, 0.15) is 5.75 Å². The molecule has 0 radical (unpaired) electrons. The lowest BCUT2D eigenvalue weighted by molar-refractivity contribution is -0.115. The van der Waals surface area contributed by atoms with Crippen LogP contribution in [0, 0.1) is 0 Å². The number of amides is 4. The first kappa shape index (κ1) is 18.9. The second kappa shape index (κ2) is 7.78. The van der Waals surface area contributed by atoms with E-state index in [0.717, 1.165) is 0 Å². The third-order valence-electron chi connectivity index (χ3n) is 4.15. The van der Waals surface area contributed by atoms with Gasteiger partial charge >= 0.3 is 0 Å². The molecule has 0 saturated heterocycles. The molecule has 9 nitrogen and oxygen atoms in total. The van der Waals surface area contributed by atoms with Crippen LogP contribution in [0.25, 0.3) is 0 Å². The lowest BCUT2D eigenvalue weighted by Gasteiger charge is -2.13. The Morgan fingerprint density at radius 3 is 2.46 bits per heavy atom. The highest BCUT2D eigenvalue weighted by Crippen LogP contribution is 2.27. The first-order valence-corrected chi connectivity index (χ1v) is 8.36. The van der Waals surface area contributed by atoms with Gasteiger partial charge in [0.2, 0.25) is 5.91 Å².